The van der Waals surface area contributed by atoms with Crippen LogP contribution in [0.5, 0.6) is 0 Å². The molecule has 0 radical (unpaired) electrons. The number of hydrogen-bond acceptors (Lipinski definition) is 3. The number of ether oxygens (including phenoxy) is 1. The lowest BCUT2D eigenvalue weighted by molar-refractivity contribution is 0.0636. The monoisotopic (exact) mass is 446 g/mol. The highest BCUT2D eigenvalue weighted by Crippen LogP contribution is 2.18. The van der Waals surface area contributed by atoms with E-state index >= 15 is 0 Å². The summed E-state index contributed by atoms with van der Waals surface area (Å²) in [7, 11) is 0. The van der Waals surface area contributed by atoms with Crippen molar-refractivity contribution in [2.24, 2.45) is 10.7 Å². The van der Waals surface area contributed by atoms with E-state index in [0.717, 1.165) is 12.0 Å². The molecule has 4 N–H and O–H groups in total. The predicted octanol–water partition coefficient (Wildman–Crippen LogP) is 3.26. The molecule has 1 aliphatic rings. The van der Waals surface area contributed by atoms with Crippen molar-refractivity contribution < 1.29 is 9.53 Å². The van der Waals surface area contributed by atoms with E-state index in [1.165, 1.54) is 12.8 Å². The Morgan fingerprint density at radius 3 is 2.46 bits per heavy atom. The Bertz CT molecular complexity index is 563. The van der Waals surface area contributed by atoms with E-state index in [2.05, 4.69) is 15.6 Å². The van der Waals surface area contributed by atoms with Gasteiger partial charge in [-0.1, -0.05) is 12.1 Å². The van der Waals surface area contributed by atoms with Gasteiger partial charge in [-0.25, -0.2) is 4.79 Å². The second-order valence-corrected chi connectivity index (χ2v) is 6.76. The van der Waals surface area contributed by atoms with Crippen LogP contribution in [0.1, 0.15) is 39.2 Å². The Hall–Kier alpha value is -1.51. The van der Waals surface area contributed by atoms with Gasteiger partial charge in [0.05, 0.1) is 0 Å². The van der Waals surface area contributed by atoms with Crippen molar-refractivity contribution >= 4 is 41.7 Å². The largest absolute Gasteiger partial charge is 0.444 e. The van der Waals surface area contributed by atoms with E-state index in [9.17, 15) is 4.79 Å². The number of nitrogens with two attached hydrogens (primary N) is 1. The molecule has 0 aromatic heterocycles. The number of anilines is 1. The Kier molecular flexibility index (Phi) is 7.78. The van der Waals surface area contributed by atoms with Gasteiger partial charge in [-0.3, -0.25) is 10.3 Å². The Balaban J connectivity index is 0.00000288. The van der Waals surface area contributed by atoms with Crippen molar-refractivity contribution in [3.63, 3.8) is 0 Å². The summed E-state index contributed by atoms with van der Waals surface area (Å²) in [5.41, 5.74) is 7.13. The SMILES string of the molecule is CC(C)(C)OC(=O)Nc1ccc(CCN=C(N)NC2CC2)cc1.I. The first-order valence-electron chi connectivity index (χ1n) is 7.97. The molecular formula is C17H27IN4O2. The Labute approximate surface area is 160 Å². The average molecular weight is 446 g/mol. The zero-order chi connectivity index (χ0) is 16.9. The molecule has 1 aromatic carbocycles. The molecule has 0 spiro atoms. The summed E-state index contributed by atoms with van der Waals surface area (Å²) < 4.78 is 5.21. The van der Waals surface area contributed by atoms with Crippen molar-refractivity contribution in [3.8, 4) is 0 Å². The van der Waals surface area contributed by atoms with Crippen LogP contribution in [0.15, 0.2) is 29.3 Å². The fourth-order valence-corrected chi connectivity index (χ4v) is 1.96. The van der Waals surface area contributed by atoms with Crippen LogP contribution in [0.2, 0.25) is 0 Å². The number of aliphatic imine (C=N–C) groups is 1. The number of nitrogens with zero attached hydrogens (tertiary/aromatic N) is 1. The first-order valence-corrected chi connectivity index (χ1v) is 7.97. The lowest BCUT2D eigenvalue weighted by Crippen LogP contribution is -2.33. The molecule has 0 atom stereocenters. The maximum Gasteiger partial charge on any atom is 0.412 e. The quantitative estimate of drug-likeness (QED) is 0.368. The fraction of sp³-hybridized carbons (Fsp3) is 0.529. The van der Waals surface area contributed by atoms with E-state index in [1.54, 1.807) is 0 Å². The second kappa shape index (κ2) is 9.10. The third-order valence-electron chi connectivity index (χ3n) is 3.21. The zero-order valence-corrected chi connectivity index (χ0v) is 16.8. The molecule has 0 heterocycles. The summed E-state index contributed by atoms with van der Waals surface area (Å²) in [6, 6.07) is 8.17. The molecule has 24 heavy (non-hydrogen) atoms. The predicted molar refractivity (Wildman–Crippen MR) is 108 cm³/mol. The number of carbonyl (C=O) groups is 1. The molecule has 1 amide bonds. The summed E-state index contributed by atoms with van der Waals surface area (Å²) in [6.07, 6.45) is 2.72. The minimum Gasteiger partial charge on any atom is -0.444 e. The molecule has 0 unspecified atom stereocenters. The minimum absolute atomic E-state index is 0. The highest BCUT2D eigenvalue weighted by Gasteiger charge is 2.21. The van der Waals surface area contributed by atoms with Crippen molar-refractivity contribution in [1.29, 1.82) is 0 Å². The van der Waals surface area contributed by atoms with E-state index in [-0.39, 0.29) is 24.0 Å². The van der Waals surface area contributed by atoms with Gasteiger partial charge in [0.15, 0.2) is 5.96 Å². The van der Waals surface area contributed by atoms with Crippen molar-refractivity contribution in [1.82, 2.24) is 5.32 Å². The first-order chi connectivity index (χ1) is 10.8. The standard InChI is InChI=1S/C17H26N4O2.HI/c1-17(2,3)23-16(22)21-14-6-4-12(5-7-14)10-11-19-15(18)20-13-8-9-13;/h4-7,13H,8-11H2,1-3H3,(H,21,22)(H3,18,19,20);1H. The molecular weight excluding hydrogens is 419 g/mol. The van der Waals surface area contributed by atoms with Gasteiger partial charge in [0.1, 0.15) is 5.60 Å². The summed E-state index contributed by atoms with van der Waals surface area (Å²) in [4.78, 5) is 16.0. The lowest BCUT2D eigenvalue weighted by atomic mass is 10.1. The van der Waals surface area contributed by atoms with Crippen LogP contribution >= 0.6 is 24.0 Å². The highest BCUT2D eigenvalue weighted by atomic mass is 127. The summed E-state index contributed by atoms with van der Waals surface area (Å²) in [5.74, 6) is 0.524. The summed E-state index contributed by atoms with van der Waals surface area (Å²) in [6.45, 7) is 6.14. The number of benzene rings is 1. The van der Waals surface area contributed by atoms with Crippen molar-refractivity contribution in [2.75, 3.05) is 11.9 Å². The van der Waals surface area contributed by atoms with Gasteiger partial charge in [-0.2, -0.15) is 0 Å². The maximum absolute atomic E-state index is 11.7. The van der Waals surface area contributed by atoms with Gasteiger partial charge < -0.3 is 15.8 Å². The van der Waals surface area contributed by atoms with Gasteiger partial charge in [0.25, 0.3) is 0 Å². The molecule has 1 aliphatic carbocycles. The highest BCUT2D eigenvalue weighted by molar-refractivity contribution is 14.0. The second-order valence-electron chi connectivity index (χ2n) is 6.76. The van der Waals surface area contributed by atoms with Crippen LogP contribution in [-0.4, -0.2) is 30.2 Å². The summed E-state index contributed by atoms with van der Waals surface area (Å²) >= 11 is 0. The molecule has 6 nitrogen and oxygen atoms in total. The van der Waals surface area contributed by atoms with E-state index < -0.39 is 11.7 Å². The van der Waals surface area contributed by atoms with Gasteiger partial charge in [-0.05, 0) is 57.7 Å². The Morgan fingerprint density at radius 2 is 1.92 bits per heavy atom. The van der Waals surface area contributed by atoms with Gasteiger partial charge in [-0.15, -0.1) is 24.0 Å². The van der Waals surface area contributed by atoms with Crippen LogP contribution in [0.4, 0.5) is 10.5 Å². The van der Waals surface area contributed by atoms with Gasteiger partial charge >= 0.3 is 6.09 Å². The number of carbonyl (C=O) groups excluding carboxylic acids is 1. The van der Waals surface area contributed by atoms with E-state index in [1.807, 2.05) is 45.0 Å². The normalized spacial score (nSPS) is 14.5. The average Bonchev–Trinajstić information content (AvgIpc) is 3.22. The number of hydrogen-bond donors (Lipinski definition) is 3. The number of halogens is 1. The molecule has 134 valence electrons. The summed E-state index contributed by atoms with van der Waals surface area (Å²) in [5, 5.41) is 5.87. The molecule has 1 aromatic rings. The van der Waals surface area contributed by atoms with Gasteiger partial charge in [0.2, 0.25) is 0 Å². The molecule has 0 aliphatic heterocycles. The number of guanidine groups is 1. The molecule has 2 rings (SSSR count). The topological polar surface area (TPSA) is 88.7 Å². The third kappa shape index (κ3) is 8.37. The minimum atomic E-state index is -0.504. The smallest absolute Gasteiger partial charge is 0.412 e. The first kappa shape index (κ1) is 20.5. The number of rotatable bonds is 5. The maximum atomic E-state index is 11.7. The van der Waals surface area contributed by atoms with Crippen LogP contribution in [0, 0.1) is 0 Å². The van der Waals surface area contributed by atoms with Crippen LogP contribution in [0.25, 0.3) is 0 Å². The lowest BCUT2D eigenvalue weighted by Gasteiger charge is -2.19. The molecule has 7 heteroatoms. The van der Waals surface area contributed by atoms with Crippen LogP contribution in [-0.2, 0) is 11.2 Å². The van der Waals surface area contributed by atoms with E-state index in [0.29, 0.717) is 24.2 Å². The third-order valence-corrected chi connectivity index (χ3v) is 3.21. The fourth-order valence-electron chi connectivity index (χ4n) is 1.96. The zero-order valence-electron chi connectivity index (χ0n) is 14.5. The number of amides is 1. The Morgan fingerprint density at radius 1 is 1.29 bits per heavy atom. The van der Waals surface area contributed by atoms with Crippen LogP contribution in [0.3, 0.4) is 0 Å². The van der Waals surface area contributed by atoms with E-state index in [4.69, 9.17) is 10.5 Å². The molecule has 1 fully saturated rings. The number of nitrogens with one attached hydrogen (secondary N) is 2. The molecule has 1 saturated carbocycles. The van der Waals surface area contributed by atoms with Crippen molar-refractivity contribution in [2.45, 2.75) is 51.7 Å². The molecule has 0 bridgehead atoms. The van der Waals surface area contributed by atoms with Gasteiger partial charge in [0, 0.05) is 18.3 Å². The van der Waals surface area contributed by atoms with Crippen molar-refractivity contribution in [3.05, 3.63) is 29.8 Å². The van der Waals surface area contributed by atoms with Crippen LogP contribution < -0.4 is 16.4 Å². The molecule has 0 saturated heterocycles.